The van der Waals surface area contributed by atoms with E-state index in [2.05, 4.69) is 33.3 Å². The monoisotopic (exact) mass is 417 g/mol. The van der Waals surface area contributed by atoms with Crippen molar-refractivity contribution in [2.45, 2.75) is 51.0 Å². The number of imidazole rings is 1. The summed E-state index contributed by atoms with van der Waals surface area (Å²) in [5.74, 6) is 0. The van der Waals surface area contributed by atoms with Crippen LogP contribution in [-0.4, -0.2) is 38.6 Å². The molecule has 3 aromatic rings. The predicted octanol–water partition coefficient (Wildman–Crippen LogP) is 3.99. The Kier molecular flexibility index (Phi) is 4.72. The Morgan fingerprint density at radius 2 is 2.32 bits per heavy atom. The summed E-state index contributed by atoms with van der Waals surface area (Å²) in [6, 6.07) is 6.58. The quantitative estimate of drug-likeness (QED) is 0.700. The lowest BCUT2D eigenvalue weighted by atomic mass is 9.81. The van der Waals surface area contributed by atoms with E-state index < -0.39 is 0 Å². The van der Waals surface area contributed by atoms with Gasteiger partial charge in [0.05, 0.1) is 35.1 Å². The molecule has 5 rings (SSSR count). The minimum Gasteiger partial charge on any atom is -0.392 e. The number of aromatic nitrogens is 2. The Hall–Kier alpha value is -1.44. The molecule has 2 atom stereocenters. The van der Waals surface area contributed by atoms with Crippen molar-refractivity contribution in [1.29, 1.82) is 0 Å². The number of thiophene rings is 1. The predicted molar refractivity (Wildman–Crippen MR) is 111 cm³/mol. The molecule has 2 aliphatic heterocycles. The van der Waals surface area contributed by atoms with Gasteiger partial charge >= 0.3 is 0 Å². The van der Waals surface area contributed by atoms with Crippen molar-refractivity contribution in [3.05, 3.63) is 56.8 Å². The summed E-state index contributed by atoms with van der Waals surface area (Å²) in [5.41, 5.74) is 4.16. The number of hydrogen-bond acceptors (Lipinski definition) is 5. The summed E-state index contributed by atoms with van der Waals surface area (Å²) in [6.07, 6.45) is 6.65. The molecule has 1 N–H and O–H groups in total. The number of hydrogen-bond donors (Lipinski definition) is 1. The highest BCUT2D eigenvalue weighted by atomic mass is 35.5. The molecule has 0 radical (unpaired) electrons. The molecule has 1 spiro atoms. The first-order valence-corrected chi connectivity index (χ1v) is 11.0. The van der Waals surface area contributed by atoms with Gasteiger partial charge in [0.15, 0.2) is 0 Å². The van der Waals surface area contributed by atoms with Gasteiger partial charge < -0.3 is 14.2 Å². The number of ether oxygens (including phenoxy) is 1. The van der Waals surface area contributed by atoms with Gasteiger partial charge in [0, 0.05) is 35.8 Å². The number of fused-ring (bicyclic) bond motifs is 3. The van der Waals surface area contributed by atoms with Crippen molar-refractivity contribution in [2.24, 2.45) is 0 Å². The van der Waals surface area contributed by atoms with E-state index in [-0.39, 0.29) is 12.2 Å². The Morgan fingerprint density at radius 1 is 1.43 bits per heavy atom. The number of halogens is 1. The first-order chi connectivity index (χ1) is 13.6. The third-order valence-corrected chi connectivity index (χ3v) is 8.01. The number of piperidine rings is 1. The van der Waals surface area contributed by atoms with Crippen LogP contribution in [0.2, 0.25) is 4.34 Å². The van der Waals surface area contributed by atoms with Gasteiger partial charge in [-0.1, -0.05) is 17.7 Å². The van der Waals surface area contributed by atoms with E-state index in [0.717, 1.165) is 47.9 Å². The van der Waals surface area contributed by atoms with Crippen LogP contribution in [0.25, 0.3) is 5.52 Å². The fraction of sp³-hybridized carbons (Fsp3) is 0.476. The van der Waals surface area contributed by atoms with E-state index in [1.54, 1.807) is 11.3 Å². The van der Waals surface area contributed by atoms with E-state index >= 15 is 0 Å². The van der Waals surface area contributed by atoms with E-state index in [9.17, 15) is 5.11 Å². The number of pyridine rings is 1. The van der Waals surface area contributed by atoms with Gasteiger partial charge in [-0.3, -0.25) is 4.90 Å². The van der Waals surface area contributed by atoms with Gasteiger partial charge in [0.2, 0.25) is 0 Å². The molecule has 0 bridgehead atoms. The highest BCUT2D eigenvalue weighted by Crippen LogP contribution is 2.49. The number of nitrogens with zero attached hydrogens (tertiary/aromatic N) is 3. The van der Waals surface area contributed by atoms with Crippen LogP contribution in [0.4, 0.5) is 0 Å². The number of aliphatic hydroxyl groups is 1. The fourth-order valence-electron chi connectivity index (χ4n) is 4.81. The molecule has 5 heterocycles. The average Bonchev–Trinajstić information content (AvgIpc) is 3.25. The maximum absolute atomic E-state index is 9.74. The van der Waals surface area contributed by atoms with Crippen LogP contribution in [-0.2, 0) is 29.9 Å². The Morgan fingerprint density at radius 3 is 3.14 bits per heavy atom. The second-order valence-electron chi connectivity index (χ2n) is 7.87. The summed E-state index contributed by atoms with van der Waals surface area (Å²) in [5, 5.41) is 9.74. The van der Waals surface area contributed by atoms with Crippen molar-refractivity contribution < 1.29 is 9.84 Å². The van der Waals surface area contributed by atoms with E-state index in [0.29, 0.717) is 12.6 Å². The molecule has 0 aliphatic carbocycles. The Balaban J connectivity index is 1.39. The molecule has 0 unspecified atom stereocenters. The normalized spacial score (nSPS) is 25.5. The minimum atomic E-state index is -0.262. The van der Waals surface area contributed by atoms with Crippen LogP contribution in [0.15, 0.2) is 30.7 Å². The largest absolute Gasteiger partial charge is 0.392 e. The molecule has 3 aromatic heterocycles. The lowest BCUT2D eigenvalue weighted by molar-refractivity contribution is -0.110. The van der Waals surface area contributed by atoms with Crippen LogP contribution in [0.3, 0.4) is 0 Å². The van der Waals surface area contributed by atoms with Gasteiger partial charge in [0.25, 0.3) is 0 Å². The standard InChI is InChI=1S/C21H24ClN3O2S/c1-14-10-21(19-15(5-9-27-21)16(12-26)20(22)28-19)6-8-24(14)11-17-18-4-2-3-7-25(18)13-23-17/h2-4,7,13-14,26H,5-6,8-12H2,1H3/t14-,21+/m0/s1. The highest BCUT2D eigenvalue weighted by molar-refractivity contribution is 7.16. The Bertz CT molecular complexity index is 1020. The van der Waals surface area contributed by atoms with Gasteiger partial charge in [-0.05, 0) is 43.9 Å². The third-order valence-electron chi connectivity index (χ3n) is 6.30. The maximum Gasteiger partial charge on any atom is 0.105 e. The Labute approximate surface area is 173 Å². The first-order valence-electron chi connectivity index (χ1n) is 9.81. The molecule has 1 fully saturated rings. The average molecular weight is 418 g/mol. The summed E-state index contributed by atoms with van der Waals surface area (Å²) in [7, 11) is 0. The summed E-state index contributed by atoms with van der Waals surface area (Å²) in [4.78, 5) is 8.38. The van der Waals surface area contributed by atoms with Gasteiger partial charge in [-0.15, -0.1) is 11.3 Å². The summed E-state index contributed by atoms with van der Waals surface area (Å²) >= 11 is 8.04. The first kappa shape index (κ1) is 18.6. The van der Waals surface area contributed by atoms with Crippen molar-refractivity contribution >= 4 is 28.5 Å². The van der Waals surface area contributed by atoms with Crippen LogP contribution in [0.1, 0.15) is 41.5 Å². The van der Waals surface area contributed by atoms with Crippen LogP contribution < -0.4 is 0 Å². The maximum atomic E-state index is 9.74. The van der Waals surface area contributed by atoms with Crippen molar-refractivity contribution in [2.75, 3.05) is 13.2 Å². The zero-order chi connectivity index (χ0) is 19.3. The molecular formula is C21H24ClN3O2S. The molecule has 28 heavy (non-hydrogen) atoms. The van der Waals surface area contributed by atoms with Gasteiger partial charge in [0.1, 0.15) is 5.60 Å². The summed E-state index contributed by atoms with van der Waals surface area (Å²) < 4.78 is 9.19. The molecule has 0 saturated carbocycles. The van der Waals surface area contributed by atoms with Crippen LogP contribution in [0.5, 0.6) is 0 Å². The topological polar surface area (TPSA) is 50.0 Å². The number of likely N-dealkylation sites (tertiary alicyclic amines) is 1. The lowest BCUT2D eigenvalue weighted by Gasteiger charge is -2.47. The van der Waals surface area contributed by atoms with Crippen molar-refractivity contribution in [1.82, 2.24) is 14.3 Å². The SMILES string of the molecule is C[C@H]1C[C@@]2(CCN1Cc1ncn3ccccc13)OCCc1c2sc(Cl)c1CO. The smallest absolute Gasteiger partial charge is 0.105 e. The number of aliphatic hydroxyl groups excluding tert-OH is 1. The highest BCUT2D eigenvalue weighted by Gasteiger charge is 2.45. The fourth-order valence-corrected chi connectivity index (χ4v) is 6.49. The zero-order valence-corrected chi connectivity index (χ0v) is 17.5. The molecular weight excluding hydrogens is 394 g/mol. The van der Waals surface area contributed by atoms with E-state index in [4.69, 9.17) is 16.3 Å². The van der Waals surface area contributed by atoms with Crippen LogP contribution in [0, 0.1) is 0 Å². The van der Waals surface area contributed by atoms with E-state index in [1.807, 2.05) is 18.6 Å². The van der Waals surface area contributed by atoms with Crippen LogP contribution >= 0.6 is 22.9 Å². The molecule has 0 amide bonds. The zero-order valence-electron chi connectivity index (χ0n) is 15.9. The lowest BCUT2D eigenvalue weighted by Crippen LogP contribution is -2.50. The number of rotatable bonds is 3. The third kappa shape index (κ3) is 2.90. The van der Waals surface area contributed by atoms with Gasteiger partial charge in [-0.25, -0.2) is 4.98 Å². The second kappa shape index (κ2) is 7.11. The van der Waals surface area contributed by atoms with Gasteiger partial charge in [-0.2, -0.15) is 0 Å². The van der Waals surface area contributed by atoms with Crippen molar-refractivity contribution in [3.63, 3.8) is 0 Å². The molecule has 7 heteroatoms. The second-order valence-corrected chi connectivity index (χ2v) is 9.49. The summed E-state index contributed by atoms with van der Waals surface area (Å²) in [6.45, 7) is 4.79. The van der Waals surface area contributed by atoms with E-state index in [1.165, 1.54) is 16.0 Å². The molecule has 5 nitrogen and oxygen atoms in total. The minimum absolute atomic E-state index is 0.00975. The molecule has 148 valence electrons. The molecule has 0 aromatic carbocycles. The molecule has 2 aliphatic rings. The molecule has 1 saturated heterocycles. The van der Waals surface area contributed by atoms with Crippen molar-refractivity contribution in [3.8, 4) is 0 Å².